The van der Waals surface area contributed by atoms with Gasteiger partial charge in [-0.05, 0) is 53.1 Å². The number of ether oxygens (including phenoxy) is 1. The zero-order valence-electron chi connectivity index (χ0n) is 9.60. The number of rotatable bonds is 5. The van der Waals surface area contributed by atoms with Crippen LogP contribution in [0.4, 0.5) is 0 Å². The lowest BCUT2D eigenvalue weighted by atomic mass is 10.1. The average Bonchev–Trinajstić information content (AvgIpc) is 2.40. The minimum Gasteiger partial charge on any atom is -0.477 e. The molecule has 0 unspecified atom stereocenters. The molecule has 18 heavy (non-hydrogen) atoms. The Morgan fingerprint density at radius 2 is 2.11 bits per heavy atom. The van der Waals surface area contributed by atoms with E-state index in [9.17, 15) is 4.79 Å². The van der Waals surface area contributed by atoms with Crippen molar-refractivity contribution in [2.24, 2.45) is 0 Å². The minimum atomic E-state index is -0.172. The van der Waals surface area contributed by atoms with Gasteiger partial charge in [0.15, 0.2) is 0 Å². The number of aryl methyl sites for hydroxylation is 1. The molecule has 2 heterocycles. The zero-order chi connectivity index (χ0) is 12.8. The summed E-state index contributed by atoms with van der Waals surface area (Å²) >= 11 is 1.93. The summed E-state index contributed by atoms with van der Waals surface area (Å²) in [4.78, 5) is 21.7. The zero-order valence-corrected chi connectivity index (χ0v) is 11.8. The monoisotopic (exact) mass is 357 g/mol. The highest BCUT2D eigenvalue weighted by atomic mass is 127. The van der Waals surface area contributed by atoms with Gasteiger partial charge in [0, 0.05) is 12.4 Å². The van der Waals surface area contributed by atoms with Crippen molar-refractivity contribution >= 4 is 22.6 Å². The van der Waals surface area contributed by atoms with E-state index in [1.54, 1.807) is 12.4 Å². The van der Waals surface area contributed by atoms with Gasteiger partial charge in [-0.2, -0.15) is 0 Å². The molecule has 2 aromatic rings. The van der Waals surface area contributed by atoms with Crippen molar-refractivity contribution < 1.29 is 4.74 Å². The second-order valence-corrected chi connectivity index (χ2v) is 4.74. The van der Waals surface area contributed by atoms with Crippen LogP contribution in [0.3, 0.4) is 0 Å². The van der Waals surface area contributed by atoms with Gasteiger partial charge in [0.05, 0.1) is 12.9 Å². The van der Waals surface area contributed by atoms with Crippen molar-refractivity contribution in [1.29, 1.82) is 0 Å². The second-order valence-electron chi connectivity index (χ2n) is 3.66. The first-order chi connectivity index (χ1) is 8.77. The van der Waals surface area contributed by atoms with E-state index in [-0.39, 0.29) is 5.56 Å². The molecule has 2 aromatic heterocycles. The number of halogens is 1. The van der Waals surface area contributed by atoms with Crippen molar-refractivity contribution in [1.82, 2.24) is 15.0 Å². The number of hydrogen-bond donors (Lipinski definition) is 1. The fraction of sp³-hybridized carbons (Fsp3) is 0.250. The normalized spacial score (nSPS) is 10.3. The van der Waals surface area contributed by atoms with Crippen molar-refractivity contribution in [3.63, 3.8) is 0 Å². The highest BCUT2D eigenvalue weighted by molar-refractivity contribution is 14.1. The molecule has 0 atom stereocenters. The third-order valence-corrected chi connectivity index (χ3v) is 3.31. The van der Waals surface area contributed by atoms with Crippen LogP contribution in [0.1, 0.15) is 12.0 Å². The molecule has 0 radical (unpaired) electrons. The predicted molar refractivity (Wildman–Crippen MR) is 75.6 cm³/mol. The van der Waals surface area contributed by atoms with Crippen LogP contribution in [0.15, 0.2) is 35.6 Å². The van der Waals surface area contributed by atoms with Gasteiger partial charge in [0.2, 0.25) is 5.88 Å². The molecule has 5 nitrogen and oxygen atoms in total. The van der Waals surface area contributed by atoms with Crippen molar-refractivity contribution in [2.45, 2.75) is 12.8 Å². The van der Waals surface area contributed by atoms with Gasteiger partial charge in [-0.25, -0.2) is 4.98 Å². The molecule has 2 rings (SSSR count). The van der Waals surface area contributed by atoms with Crippen LogP contribution in [-0.2, 0) is 6.42 Å². The van der Waals surface area contributed by atoms with Crippen molar-refractivity contribution in [3.8, 4) is 5.88 Å². The van der Waals surface area contributed by atoms with Gasteiger partial charge < -0.3 is 9.72 Å². The summed E-state index contributed by atoms with van der Waals surface area (Å²) in [6, 6.07) is 3.96. The lowest BCUT2D eigenvalue weighted by molar-refractivity contribution is 0.296. The van der Waals surface area contributed by atoms with Crippen LogP contribution >= 0.6 is 22.6 Å². The maximum absolute atomic E-state index is 11.3. The van der Waals surface area contributed by atoms with Crippen molar-refractivity contribution in [2.75, 3.05) is 6.61 Å². The first-order valence-corrected chi connectivity index (χ1v) is 6.60. The van der Waals surface area contributed by atoms with Crippen LogP contribution < -0.4 is 10.3 Å². The maximum atomic E-state index is 11.3. The van der Waals surface area contributed by atoms with E-state index in [4.69, 9.17) is 4.74 Å². The second kappa shape index (κ2) is 6.48. The number of nitrogens with one attached hydrogen (secondary N) is 1. The molecule has 1 N–H and O–H groups in total. The first kappa shape index (κ1) is 13.0. The van der Waals surface area contributed by atoms with E-state index in [2.05, 4.69) is 15.0 Å². The molecule has 0 aliphatic heterocycles. The number of nitrogens with zero attached hydrogens (tertiary/aromatic N) is 2. The highest BCUT2D eigenvalue weighted by Gasteiger charge is 2.05. The van der Waals surface area contributed by atoms with Gasteiger partial charge in [-0.3, -0.25) is 9.78 Å². The number of hydrogen-bond acceptors (Lipinski definition) is 4. The van der Waals surface area contributed by atoms with Gasteiger partial charge in [-0.15, -0.1) is 0 Å². The number of aromatic nitrogens is 3. The molecule has 0 fully saturated rings. The fourth-order valence-corrected chi connectivity index (χ4v) is 1.91. The van der Waals surface area contributed by atoms with Gasteiger partial charge in [0.25, 0.3) is 5.56 Å². The quantitative estimate of drug-likeness (QED) is 0.654. The molecule has 0 saturated carbocycles. The molecule has 0 bridgehead atoms. The Balaban J connectivity index is 1.82. The van der Waals surface area contributed by atoms with E-state index in [0.717, 1.165) is 12.8 Å². The van der Waals surface area contributed by atoms with E-state index in [1.165, 1.54) is 11.9 Å². The molecule has 0 aromatic carbocycles. The Labute approximate surface area is 118 Å². The summed E-state index contributed by atoms with van der Waals surface area (Å²) in [6.07, 6.45) is 6.69. The number of pyridine rings is 1. The predicted octanol–water partition coefficient (Wildman–Crippen LogP) is 1.78. The van der Waals surface area contributed by atoms with Crippen molar-refractivity contribution in [3.05, 3.63) is 50.3 Å². The smallest absolute Gasteiger partial charge is 0.268 e. The van der Waals surface area contributed by atoms with Gasteiger partial charge in [0.1, 0.15) is 3.57 Å². The molecule has 0 aliphatic rings. The molecule has 0 amide bonds. The standard InChI is InChI=1S/C12H12IN3O2/c13-10-11(17)15-8-16-12(10)18-7-1-2-9-3-5-14-6-4-9/h3-6,8H,1-2,7H2,(H,15,16,17). The third-order valence-electron chi connectivity index (χ3n) is 2.36. The van der Waals surface area contributed by atoms with E-state index in [0.29, 0.717) is 16.1 Å². The Hall–Kier alpha value is -1.44. The highest BCUT2D eigenvalue weighted by Crippen LogP contribution is 2.12. The summed E-state index contributed by atoms with van der Waals surface area (Å²) in [5, 5.41) is 0. The van der Waals surface area contributed by atoms with E-state index >= 15 is 0 Å². The Kier molecular flexibility index (Phi) is 4.68. The van der Waals surface area contributed by atoms with Crippen LogP contribution in [0.2, 0.25) is 0 Å². The molecular weight excluding hydrogens is 345 g/mol. The molecule has 0 saturated heterocycles. The molecule has 94 valence electrons. The van der Waals surface area contributed by atoms with E-state index < -0.39 is 0 Å². The average molecular weight is 357 g/mol. The van der Waals surface area contributed by atoms with E-state index in [1.807, 2.05) is 34.7 Å². The number of H-pyrrole nitrogens is 1. The lowest BCUT2D eigenvalue weighted by Crippen LogP contribution is -2.13. The molecular formula is C12H12IN3O2. The van der Waals surface area contributed by atoms with Gasteiger partial charge >= 0.3 is 0 Å². The third kappa shape index (κ3) is 3.52. The number of aromatic amines is 1. The summed E-state index contributed by atoms with van der Waals surface area (Å²) in [5.41, 5.74) is 1.05. The Morgan fingerprint density at radius 3 is 2.89 bits per heavy atom. The summed E-state index contributed by atoms with van der Waals surface area (Å²) in [6.45, 7) is 0.536. The van der Waals surface area contributed by atoms with Crippen LogP contribution in [0.25, 0.3) is 0 Å². The topological polar surface area (TPSA) is 67.9 Å². The Morgan fingerprint density at radius 1 is 1.33 bits per heavy atom. The molecule has 0 spiro atoms. The lowest BCUT2D eigenvalue weighted by Gasteiger charge is -2.05. The summed E-state index contributed by atoms with van der Waals surface area (Å²) in [7, 11) is 0. The largest absolute Gasteiger partial charge is 0.477 e. The van der Waals surface area contributed by atoms with Crippen LogP contribution in [-0.4, -0.2) is 21.6 Å². The molecule has 6 heteroatoms. The summed E-state index contributed by atoms with van der Waals surface area (Å²) in [5.74, 6) is 0.397. The first-order valence-electron chi connectivity index (χ1n) is 5.52. The van der Waals surface area contributed by atoms with Crippen LogP contribution in [0, 0.1) is 3.57 Å². The fourth-order valence-electron chi connectivity index (χ4n) is 1.46. The Bertz CT molecular complexity index is 557. The minimum absolute atomic E-state index is 0.172. The van der Waals surface area contributed by atoms with Crippen LogP contribution in [0.5, 0.6) is 5.88 Å². The summed E-state index contributed by atoms with van der Waals surface area (Å²) < 4.78 is 5.97. The maximum Gasteiger partial charge on any atom is 0.268 e. The SMILES string of the molecule is O=c1[nH]cnc(OCCCc2ccncc2)c1I. The van der Waals surface area contributed by atoms with Gasteiger partial charge in [-0.1, -0.05) is 0 Å². The molecule has 0 aliphatic carbocycles.